The zero-order valence-electron chi connectivity index (χ0n) is 17.7. The second-order valence-electron chi connectivity index (χ2n) is 8.15. The fraction of sp³-hybridized carbons (Fsp3) is 0.320. The zero-order chi connectivity index (χ0) is 22.7. The van der Waals surface area contributed by atoms with Crippen LogP contribution in [0.25, 0.3) is 10.8 Å². The van der Waals surface area contributed by atoms with Gasteiger partial charge in [0.05, 0.1) is 12.7 Å². The van der Waals surface area contributed by atoms with Gasteiger partial charge >= 0.3 is 6.18 Å². The van der Waals surface area contributed by atoms with Gasteiger partial charge in [-0.2, -0.15) is 13.2 Å². The van der Waals surface area contributed by atoms with Crippen molar-refractivity contribution < 1.29 is 22.7 Å². The fourth-order valence-electron chi connectivity index (χ4n) is 4.28. The Balaban J connectivity index is 1.48. The summed E-state index contributed by atoms with van der Waals surface area (Å²) in [4.78, 5) is 12.6. The third-order valence-corrected chi connectivity index (χ3v) is 5.91. The maximum atomic E-state index is 13.4. The third-order valence-electron chi connectivity index (χ3n) is 5.91. The third kappa shape index (κ3) is 4.98. The number of carbonyl (C=O) groups excluding carboxylic acids is 1. The number of anilines is 1. The van der Waals surface area contributed by atoms with Gasteiger partial charge in [0.1, 0.15) is 5.75 Å². The van der Waals surface area contributed by atoms with E-state index in [-0.39, 0.29) is 18.0 Å². The summed E-state index contributed by atoms with van der Waals surface area (Å²) in [5.41, 5.74) is 0.353. The molecule has 0 heterocycles. The van der Waals surface area contributed by atoms with Crippen LogP contribution >= 0.6 is 0 Å². The molecule has 0 bridgehead atoms. The maximum Gasteiger partial charge on any atom is 0.416 e. The molecule has 0 aliphatic heterocycles. The highest BCUT2D eigenvalue weighted by Gasteiger charge is 2.32. The van der Waals surface area contributed by atoms with Crippen LogP contribution < -0.4 is 15.4 Å². The van der Waals surface area contributed by atoms with Gasteiger partial charge in [-0.15, -0.1) is 0 Å². The summed E-state index contributed by atoms with van der Waals surface area (Å²) in [6, 6.07) is 16.2. The lowest BCUT2D eigenvalue weighted by atomic mass is 9.90. The van der Waals surface area contributed by atoms with Crippen molar-refractivity contribution in [1.29, 1.82) is 0 Å². The van der Waals surface area contributed by atoms with Gasteiger partial charge in [-0.3, -0.25) is 4.79 Å². The summed E-state index contributed by atoms with van der Waals surface area (Å²) >= 11 is 0. The van der Waals surface area contributed by atoms with Crippen LogP contribution in [0.1, 0.15) is 41.6 Å². The number of rotatable bonds is 5. The minimum atomic E-state index is -4.41. The zero-order valence-corrected chi connectivity index (χ0v) is 17.7. The first kappa shape index (κ1) is 22.0. The van der Waals surface area contributed by atoms with Gasteiger partial charge in [0.2, 0.25) is 0 Å². The Hall–Kier alpha value is -3.22. The molecule has 1 unspecified atom stereocenters. The number of benzene rings is 3. The molecule has 4 rings (SSSR count). The van der Waals surface area contributed by atoms with Gasteiger partial charge in [0.15, 0.2) is 0 Å². The molecular weight excluding hydrogens is 417 g/mol. The Bertz CT molecular complexity index is 1100. The van der Waals surface area contributed by atoms with Gasteiger partial charge in [0.25, 0.3) is 5.91 Å². The van der Waals surface area contributed by atoms with Crippen molar-refractivity contribution in [1.82, 2.24) is 5.32 Å². The van der Waals surface area contributed by atoms with Crippen molar-refractivity contribution in [3.63, 3.8) is 0 Å². The summed E-state index contributed by atoms with van der Waals surface area (Å²) in [6.07, 6.45) is -1.22. The van der Waals surface area contributed by atoms with Crippen LogP contribution in [0.2, 0.25) is 0 Å². The lowest BCUT2D eigenvalue weighted by Gasteiger charge is -2.31. The Labute approximate surface area is 184 Å². The van der Waals surface area contributed by atoms with E-state index in [1.54, 1.807) is 43.5 Å². The first-order valence-electron chi connectivity index (χ1n) is 10.6. The number of hydrogen-bond acceptors (Lipinski definition) is 3. The average Bonchev–Trinajstić information content (AvgIpc) is 2.78. The Kier molecular flexibility index (Phi) is 6.26. The molecule has 1 fully saturated rings. The number of carbonyl (C=O) groups is 1. The summed E-state index contributed by atoms with van der Waals surface area (Å²) < 4.78 is 45.3. The second kappa shape index (κ2) is 9.10. The minimum absolute atomic E-state index is 0.0307. The van der Waals surface area contributed by atoms with E-state index in [9.17, 15) is 18.0 Å². The highest BCUT2D eigenvalue weighted by Crippen LogP contribution is 2.36. The van der Waals surface area contributed by atoms with Crippen molar-refractivity contribution >= 4 is 22.4 Å². The number of nitrogens with one attached hydrogen (secondary N) is 2. The number of amides is 1. The smallest absolute Gasteiger partial charge is 0.416 e. The molecule has 1 aliphatic rings. The van der Waals surface area contributed by atoms with Crippen molar-refractivity contribution in [3.8, 4) is 5.75 Å². The van der Waals surface area contributed by atoms with E-state index >= 15 is 0 Å². The van der Waals surface area contributed by atoms with Crippen molar-refractivity contribution in [2.75, 3.05) is 12.4 Å². The topological polar surface area (TPSA) is 50.4 Å². The van der Waals surface area contributed by atoms with E-state index in [0.717, 1.165) is 24.6 Å². The van der Waals surface area contributed by atoms with Crippen LogP contribution in [0.3, 0.4) is 0 Å². The average molecular weight is 442 g/mol. The minimum Gasteiger partial charge on any atom is -0.497 e. The highest BCUT2D eigenvalue weighted by atomic mass is 19.4. The number of fused-ring (bicyclic) bond motifs is 1. The molecule has 1 saturated carbocycles. The molecular formula is C25H25F3N2O2. The quantitative estimate of drug-likeness (QED) is 0.508. The summed E-state index contributed by atoms with van der Waals surface area (Å²) in [6.45, 7) is 0. The predicted molar refractivity (Wildman–Crippen MR) is 119 cm³/mol. The van der Waals surface area contributed by atoms with E-state index in [4.69, 9.17) is 4.74 Å². The van der Waals surface area contributed by atoms with E-state index in [1.807, 2.05) is 12.1 Å². The number of ether oxygens (including phenoxy) is 1. The molecule has 1 amide bonds. The van der Waals surface area contributed by atoms with Gasteiger partial charge in [0, 0.05) is 28.7 Å². The maximum absolute atomic E-state index is 13.4. The lowest BCUT2D eigenvalue weighted by Crippen LogP contribution is -2.41. The van der Waals surface area contributed by atoms with Crippen LogP contribution in [0.15, 0.2) is 60.7 Å². The molecule has 2 N–H and O–H groups in total. The standard InChI is InChI=1S/C25H25F3N2O2/c1-32-21-11-9-16(10-12-21)24(31)30-20-7-4-6-19(15-20)29-23-14-18(25(26,27)28)13-17-5-2-3-8-22(17)23/h2-3,5,8-14,19-20,29H,4,6-7,15H2,1H3,(H,30,31)/t19-,20?/m0/s1. The van der Waals surface area contributed by atoms with Crippen LogP contribution in [-0.2, 0) is 6.18 Å². The molecule has 3 aromatic carbocycles. The van der Waals surface area contributed by atoms with Crippen LogP contribution in [-0.4, -0.2) is 25.1 Å². The first-order chi connectivity index (χ1) is 15.3. The number of halogens is 3. The van der Waals surface area contributed by atoms with Crippen molar-refractivity contribution in [2.24, 2.45) is 0 Å². The number of methoxy groups -OCH3 is 1. The van der Waals surface area contributed by atoms with Crippen LogP contribution in [0.5, 0.6) is 5.75 Å². The molecule has 32 heavy (non-hydrogen) atoms. The first-order valence-corrected chi connectivity index (χ1v) is 10.6. The van der Waals surface area contributed by atoms with Crippen LogP contribution in [0.4, 0.5) is 18.9 Å². The molecule has 3 aromatic rings. The Morgan fingerprint density at radius 1 is 1.00 bits per heavy atom. The van der Waals surface area contributed by atoms with E-state index < -0.39 is 11.7 Å². The molecule has 0 spiro atoms. The number of alkyl halides is 3. The summed E-state index contributed by atoms with van der Waals surface area (Å²) in [7, 11) is 1.57. The van der Waals surface area contributed by atoms with Crippen molar-refractivity contribution in [2.45, 2.75) is 43.9 Å². The monoisotopic (exact) mass is 442 g/mol. The summed E-state index contributed by atoms with van der Waals surface area (Å²) in [5, 5.41) is 7.69. The molecule has 0 saturated heterocycles. The summed E-state index contributed by atoms with van der Waals surface area (Å²) in [5.74, 6) is 0.514. The molecule has 4 nitrogen and oxygen atoms in total. The predicted octanol–water partition coefficient (Wildman–Crippen LogP) is 6.02. The molecule has 0 aromatic heterocycles. The molecule has 2 atom stereocenters. The number of hydrogen-bond donors (Lipinski definition) is 2. The van der Waals surface area contributed by atoms with E-state index in [1.165, 1.54) is 12.1 Å². The normalized spacial score (nSPS) is 18.9. The Morgan fingerprint density at radius 3 is 2.44 bits per heavy atom. The SMILES string of the molecule is COc1ccc(C(=O)NC2CCC[C@H](Nc3cc(C(F)(F)F)cc4ccccc34)C2)cc1. The molecule has 168 valence electrons. The highest BCUT2D eigenvalue weighted by molar-refractivity contribution is 5.95. The van der Waals surface area contributed by atoms with Gasteiger partial charge in [-0.1, -0.05) is 24.3 Å². The van der Waals surface area contributed by atoms with Gasteiger partial charge < -0.3 is 15.4 Å². The van der Waals surface area contributed by atoms with Gasteiger partial charge in [-0.25, -0.2) is 0 Å². The fourth-order valence-corrected chi connectivity index (χ4v) is 4.28. The van der Waals surface area contributed by atoms with E-state index in [0.29, 0.717) is 28.8 Å². The van der Waals surface area contributed by atoms with Crippen molar-refractivity contribution in [3.05, 3.63) is 71.8 Å². The Morgan fingerprint density at radius 2 is 1.72 bits per heavy atom. The van der Waals surface area contributed by atoms with Gasteiger partial charge in [-0.05, 0) is 67.5 Å². The molecule has 0 radical (unpaired) electrons. The second-order valence-corrected chi connectivity index (χ2v) is 8.15. The van der Waals surface area contributed by atoms with Crippen LogP contribution in [0, 0.1) is 0 Å². The molecule has 1 aliphatic carbocycles. The van der Waals surface area contributed by atoms with E-state index in [2.05, 4.69) is 10.6 Å². The largest absolute Gasteiger partial charge is 0.497 e. The lowest BCUT2D eigenvalue weighted by molar-refractivity contribution is -0.137. The molecule has 7 heteroatoms.